The molecule has 2 unspecified atom stereocenters. The topological polar surface area (TPSA) is 0 Å². The van der Waals surface area contributed by atoms with Crippen molar-refractivity contribution < 1.29 is 0 Å². The Labute approximate surface area is 109 Å². The van der Waals surface area contributed by atoms with E-state index in [-0.39, 0.29) is 5.41 Å². The van der Waals surface area contributed by atoms with Crippen molar-refractivity contribution in [3.05, 3.63) is 48.6 Å². The van der Waals surface area contributed by atoms with E-state index in [9.17, 15) is 0 Å². The molecule has 0 heterocycles. The van der Waals surface area contributed by atoms with Crippen LogP contribution in [0.3, 0.4) is 0 Å². The molecule has 0 aliphatic heterocycles. The fraction of sp³-hybridized carbons (Fsp3) is 0.529. The van der Waals surface area contributed by atoms with Crippen molar-refractivity contribution >= 4 is 0 Å². The molecule has 0 aromatic rings. The van der Waals surface area contributed by atoms with Crippen molar-refractivity contribution in [2.24, 2.45) is 11.3 Å². The highest BCUT2D eigenvalue weighted by Crippen LogP contribution is 2.35. The van der Waals surface area contributed by atoms with Gasteiger partial charge in [-0.2, -0.15) is 0 Å². The monoisotopic (exact) mass is 234 g/mol. The summed E-state index contributed by atoms with van der Waals surface area (Å²) >= 11 is 0. The Kier molecular flexibility index (Phi) is 12.3. The van der Waals surface area contributed by atoms with Crippen LogP contribution in [0.2, 0.25) is 0 Å². The summed E-state index contributed by atoms with van der Waals surface area (Å²) < 4.78 is 0. The molecule has 1 rings (SSSR count). The van der Waals surface area contributed by atoms with Gasteiger partial charge in [0.1, 0.15) is 0 Å². The minimum Gasteiger partial charge on any atom is -0.0910 e. The number of allylic oxidation sites excluding steroid dienone is 8. The van der Waals surface area contributed by atoms with E-state index in [4.69, 9.17) is 0 Å². The van der Waals surface area contributed by atoms with E-state index >= 15 is 0 Å². The smallest absolute Gasteiger partial charge is 0.0133 e. The van der Waals surface area contributed by atoms with Crippen molar-refractivity contribution in [3.63, 3.8) is 0 Å². The second-order valence-corrected chi connectivity index (χ2v) is 3.66. The van der Waals surface area contributed by atoms with Gasteiger partial charge in [-0.05, 0) is 13.8 Å². The summed E-state index contributed by atoms with van der Waals surface area (Å²) in [5.41, 5.74) is 0.163. The molecule has 0 bridgehead atoms. The minimum atomic E-state index is 0.163. The maximum Gasteiger partial charge on any atom is 0.0133 e. The third-order valence-electron chi connectivity index (χ3n) is 2.53. The van der Waals surface area contributed by atoms with Gasteiger partial charge < -0.3 is 0 Å². The van der Waals surface area contributed by atoms with Gasteiger partial charge in [0.2, 0.25) is 0 Å². The van der Waals surface area contributed by atoms with E-state index in [1.807, 2.05) is 27.7 Å². The molecule has 0 radical (unpaired) electrons. The van der Waals surface area contributed by atoms with E-state index in [1.165, 1.54) is 0 Å². The minimum absolute atomic E-state index is 0.163. The fourth-order valence-corrected chi connectivity index (χ4v) is 1.77. The zero-order chi connectivity index (χ0) is 13.7. The van der Waals surface area contributed by atoms with Crippen LogP contribution in [0.15, 0.2) is 48.6 Å². The highest BCUT2D eigenvalue weighted by molar-refractivity contribution is 5.27. The molecule has 1 aliphatic carbocycles. The second-order valence-electron chi connectivity index (χ2n) is 3.66. The molecular formula is C17H30. The van der Waals surface area contributed by atoms with Crippen LogP contribution >= 0.6 is 0 Å². The maximum atomic E-state index is 2.26. The molecule has 0 nitrogen and oxygen atoms in total. The summed E-state index contributed by atoms with van der Waals surface area (Å²) in [5, 5.41) is 0. The van der Waals surface area contributed by atoms with E-state index in [2.05, 4.69) is 69.4 Å². The molecule has 0 fully saturated rings. The van der Waals surface area contributed by atoms with E-state index in [0.29, 0.717) is 5.92 Å². The molecule has 0 aromatic carbocycles. The Morgan fingerprint density at radius 3 is 2.00 bits per heavy atom. The summed E-state index contributed by atoms with van der Waals surface area (Å²) in [7, 11) is 0. The summed E-state index contributed by atoms with van der Waals surface area (Å²) in [4.78, 5) is 0. The Morgan fingerprint density at radius 2 is 1.53 bits per heavy atom. The lowest BCUT2D eigenvalue weighted by Crippen LogP contribution is -2.21. The van der Waals surface area contributed by atoms with E-state index in [0.717, 1.165) is 0 Å². The standard InChI is InChI=1S/C13H18.2C2H6/c1-4-8-12-9-6-7-11-13(12,3)10-5-2;2*1-2/h4-12H,1-3H3;2*1-2H3/b8-4-,10-5-;;. The highest BCUT2D eigenvalue weighted by atomic mass is 14.3. The predicted octanol–water partition coefficient (Wildman–Crippen LogP) is 5.94. The number of hydrogen-bond donors (Lipinski definition) is 0. The van der Waals surface area contributed by atoms with Crippen LogP contribution in [0, 0.1) is 11.3 Å². The fourth-order valence-electron chi connectivity index (χ4n) is 1.77. The lowest BCUT2D eigenvalue weighted by molar-refractivity contribution is 0.456. The van der Waals surface area contributed by atoms with Crippen molar-refractivity contribution in [1.29, 1.82) is 0 Å². The highest BCUT2D eigenvalue weighted by Gasteiger charge is 2.25. The van der Waals surface area contributed by atoms with Crippen LogP contribution < -0.4 is 0 Å². The second kappa shape index (κ2) is 11.4. The molecule has 0 amide bonds. The van der Waals surface area contributed by atoms with Crippen LogP contribution in [0.5, 0.6) is 0 Å². The molecule has 2 atom stereocenters. The van der Waals surface area contributed by atoms with E-state index < -0.39 is 0 Å². The average molecular weight is 234 g/mol. The first-order valence-electron chi connectivity index (χ1n) is 6.85. The van der Waals surface area contributed by atoms with Crippen LogP contribution in [0.25, 0.3) is 0 Å². The maximum absolute atomic E-state index is 2.26. The van der Waals surface area contributed by atoms with Gasteiger partial charge in [0, 0.05) is 11.3 Å². The van der Waals surface area contributed by atoms with Crippen LogP contribution in [-0.2, 0) is 0 Å². The first kappa shape index (κ1) is 18.3. The third-order valence-corrected chi connectivity index (χ3v) is 2.53. The lowest BCUT2D eigenvalue weighted by Gasteiger charge is -2.30. The van der Waals surface area contributed by atoms with Gasteiger partial charge in [0.05, 0.1) is 0 Å². The lowest BCUT2D eigenvalue weighted by atomic mass is 9.74. The molecule has 1 aliphatic rings. The first-order chi connectivity index (χ1) is 8.23. The Hall–Kier alpha value is -1.04. The van der Waals surface area contributed by atoms with Crippen LogP contribution in [0.1, 0.15) is 48.5 Å². The van der Waals surface area contributed by atoms with Crippen LogP contribution in [-0.4, -0.2) is 0 Å². The summed E-state index contributed by atoms with van der Waals surface area (Å²) in [6.07, 6.45) is 17.5. The van der Waals surface area contributed by atoms with Crippen molar-refractivity contribution in [2.45, 2.75) is 48.5 Å². The Balaban J connectivity index is 0. The van der Waals surface area contributed by atoms with Gasteiger partial charge >= 0.3 is 0 Å². The van der Waals surface area contributed by atoms with Crippen molar-refractivity contribution in [2.75, 3.05) is 0 Å². The predicted molar refractivity (Wildman–Crippen MR) is 82.2 cm³/mol. The summed E-state index contributed by atoms with van der Waals surface area (Å²) in [6.45, 7) is 14.4. The largest absolute Gasteiger partial charge is 0.0910 e. The molecule has 0 spiro atoms. The SMILES string of the molecule is C/C=C\C1C=CC=CC1(C)/C=C\C.CC.CC. The van der Waals surface area contributed by atoms with Crippen LogP contribution in [0.4, 0.5) is 0 Å². The zero-order valence-electron chi connectivity index (χ0n) is 12.7. The first-order valence-corrected chi connectivity index (χ1v) is 6.85. The van der Waals surface area contributed by atoms with E-state index in [1.54, 1.807) is 0 Å². The van der Waals surface area contributed by atoms with Gasteiger partial charge in [-0.1, -0.05) is 83.2 Å². The molecule has 0 heteroatoms. The molecular weight excluding hydrogens is 204 g/mol. The molecule has 17 heavy (non-hydrogen) atoms. The molecule has 0 aromatic heterocycles. The van der Waals surface area contributed by atoms with Gasteiger partial charge in [-0.3, -0.25) is 0 Å². The number of rotatable bonds is 2. The van der Waals surface area contributed by atoms with Gasteiger partial charge in [-0.15, -0.1) is 0 Å². The third kappa shape index (κ3) is 6.31. The Bertz CT molecular complexity index is 266. The molecule has 98 valence electrons. The summed E-state index contributed by atoms with van der Waals surface area (Å²) in [5.74, 6) is 0.499. The van der Waals surface area contributed by atoms with Gasteiger partial charge in [0.25, 0.3) is 0 Å². The summed E-state index contributed by atoms with van der Waals surface area (Å²) in [6, 6.07) is 0. The quantitative estimate of drug-likeness (QED) is 0.519. The molecule has 0 saturated heterocycles. The Morgan fingerprint density at radius 1 is 0.941 bits per heavy atom. The van der Waals surface area contributed by atoms with Crippen molar-refractivity contribution in [3.8, 4) is 0 Å². The van der Waals surface area contributed by atoms with Gasteiger partial charge in [-0.25, -0.2) is 0 Å². The average Bonchev–Trinajstić information content (AvgIpc) is 2.38. The normalized spacial score (nSPS) is 26.4. The van der Waals surface area contributed by atoms with Crippen molar-refractivity contribution in [1.82, 2.24) is 0 Å². The molecule has 0 saturated carbocycles. The zero-order valence-corrected chi connectivity index (χ0v) is 12.7. The van der Waals surface area contributed by atoms with Gasteiger partial charge in [0.15, 0.2) is 0 Å². The molecule has 0 N–H and O–H groups in total. The number of hydrogen-bond acceptors (Lipinski definition) is 0.